The summed E-state index contributed by atoms with van der Waals surface area (Å²) in [4.78, 5) is 13.5. The van der Waals surface area contributed by atoms with Crippen LogP contribution in [0.4, 0.5) is 0 Å². The van der Waals surface area contributed by atoms with Crippen molar-refractivity contribution in [2.75, 3.05) is 6.54 Å². The summed E-state index contributed by atoms with van der Waals surface area (Å²) in [6.07, 6.45) is 0. The quantitative estimate of drug-likeness (QED) is 0.664. The second-order valence-corrected chi connectivity index (χ2v) is 3.61. The number of carbonyl (C=O) groups is 1. The predicted molar refractivity (Wildman–Crippen MR) is 47.4 cm³/mol. The third kappa shape index (κ3) is 1.31. The van der Waals surface area contributed by atoms with Crippen molar-refractivity contribution >= 4 is 5.91 Å². The van der Waals surface area contributed by atoms with E-state index in [1.165, 1.54) is 0 Å². The summed E-state index contributed by atoms with van der Waals surface area (Å²) < 4.78 is 0. The van der Waals surface area contributed by atoms with Gasteiger partial charge in [0.05, 0.1) is 5.56 Å². The van der Waals surface area contributed by atoms with Gasteiger partial charge in [0.15, 0.2) is 11.6 Å². The molecule has 2 rings (SSSR count). The first kappa shape index (κ1) is 8.57. The lowest BCUT2D eigenvalue weighted by atomic mass is 10.1. The average molecular weight is 197 g/mol. The molecule has 0 aromatic heterocycles. The second-order valence-electron chi connectivity index (χ2n) is 3.14. The highest BCUT2D eigenvalue weighted by Gasteiger charge is 2.26. The van der Waals surface area contributed by atoms with Crippen molar-refractivity contribution in [3.8, 4) is 0 Å². The predicted octanol–water partition coefficient (Wildman–Crippen LogP) is 1.36. The van der Waals surface area contributed by atoms with Crippen LogP contribution in [0.3, 0.4) is 0 Å². The fraction of sp³-hybridized carbons (Fsp3) is 0.300. The molecule has 68 valence electrons. The van der Waals surface area contributed by atoms with Crippen molar-refractivity contribution < 1.29 is 16.4 Å². The Hall–Kier alpha value is -1.02. The second kappa shape index (κ2) is 3.04. The molecular formula is C10H11ClNO+. The smallest absolute Gasteiger partial charge is 0.254 e. The van der Waals surface area contributed by atoms with Crippen LogP contribution in [0.15, 0.2) is 18.2 Å². The lowest BCUT2D eigenvalue weighted by molar-refractivity contribution is -0.288. The zero-order valence-corrected chi connectivity index (χ0v) is 8.23. The number of rotatable bonds is 1. The van der Waals surface area contributed by atoms with Crippen LogP contribution < -0.4 is 0 Å². The molecule has 0 aliphatic carbocycles. The van der Waals surface area contributed by atoms with Gasteiger partial charge >= 0.3 is 0 Å². The van der Waals surface area contributed by atoms with E-state index in [9.17, 15) is 4.79 Å². The van der Waals surface area contributed by atoms with E-state index in [0.717, 1.165) is 29.2 Å². The first-order valence-corrected chi connectivity index (χ1v) is 4.72. The molecule has 1 heterocycles. The monoisotopic (exact) mass is 196 g/mol. The molecular weight excluding hydrogens is 186 g/mol. The van der Waals surface area contributed by atoms with Crippen LogP contribution in [-0.4, -0.2) is 17.4 Å². The van der Waals surface area contributed by atoms with Gasteiger partial charge in [-0.1, -0.05) is 6.07 Å². The molecule has 1 amide bonds. The van der Waals surface area contributed by atoms with Gasteiger partial charge in [-0.15, -0.1) is 0 Å². The number of halogens is 1. The molecule has 1 aromatic rings. The van der Waals surface area contributed by atoms with E-state index in [0.29, 0.717) is 0 Å². The highest BCUT2D eigenvalue weighted by Crippen LogP contribution is 2.23. The number of amides is 1. The molecule has 0 saturated heterocycles. The minimum absolute atomic E-state index is 0.115. The van der Waals surface area contributed by atoms with Crippen molar-refractivity contribution in [1.82, 2.24) is 4.90 Å². The van der Waals surface area contributed by atoms with Crippen molar-refractivity contribution in [3.63, 3.8) is 0 Å². The molecule has 0 N–H and O–H groups in total. The van der Waals surface area contributed by atoms with Gasteiger partial charge in [0.2, 0.25) is 5.02 Å². The standard InChI is InChI=1S/C10H11ClNO/c1-2-12-6-7-3-4-8(11)5-9(7)10(12)13/h3-5,11H,2,6H2,1H3/q+1. The largest absolute Gasteiger partial charge is 0.335 e. The number of nitrogens with zero attached hydrogens (tertiary/aromatic N) is 1. The van der Waals surface area contributed by atoms with Crippen LogP contribution >= 0.6 is 0 Å². The normalized spacial score (nSPS) is 14.9. The summed E-state index contributed by atoms with van der Waals surface area (Å²) in [7, 11) is 0. The summed E-state index contributed by atoms with van der Waals surface area (Å²) in [5.41, 5.74) is 1.88. The first-order chi connectivity index (χ1) is 6.22. The Kier molecular flexibility index (Phi) is 2.00. The van der Waals surface area contributed by atoms with Crippen LogP contribution in [0.2, 0.25) is 5.02 Å². The maximum absolute atomic E-state index is 11.7. The maximum Gasteiger partial charge on any atom is 0.254 e. The Morgan fingerprint density at radius 1 is 1.54 bits per heavy atom. The SMILES string of the molecule is CCN1Cc2ccc([ClH+])cc2C1=O. The Morgan fingerprint density at radius 2 is 2.31 bits per heavy atom. The van der Waals surface area contributed by atoms with E-state index in [4.69, 9.17) is 11.6 Å². The summed E-state index contributed by atoms with van der Waals surface area (Å²) in [5, 5.41) is 0.741. The molecule has 2 nitrogen and oxygen atoms in total. The molecule has 0 fully saturated rings. The number of carbonyl (C=O) groups excluding carboxylic acids is 1. The Bertz CT molecular complexity index is 362. The molecule has 0 saturated carbocycles. The maximum atomic E-state index is 11.7. The molecule has 0 spiro atoms. The summed E-state index contributed by atoms with van der Waals surface area (Å²) in [6, 6.07) is 5.62. The minimum Gasteiger partial charge on any atom is -0.335 e. The number of fused-ring (bicyclic) bond motifs is 1. The molecule has 0 atom stereocenters. The van der Waals surface area contributed by atoms with Crippen molar-refractivity contribution in [1.29, 1.82) is 0 Å². The van der Waals surface area contributed by atoms with E-state index in [1.807, 2.05) is 24.0 Å². The highest BCUT2D eigenvalue weighted by atomic mass is 35.5. The number of benzene rings is 1. The van der Waals surface area contributed by atoms with E-state index in [1.54, 1.807) is 6.07 Å². The average Bonchev–Trinajstić information content (AvgIpc) is 2.44. The fourth-order valence-electron chi connectivity index (χ4n) is 1.60. The first-order valence-electron chi connectivity index (χ1n) is 4.31. The van der Waals surface area contributed by atoms with Gasteiger partial charge in [0.25, 0.3) is 5.91 Å². The van der Waals surface area contributed by atoms with Crippen molar-refractivity contribution in [3.05, 3.63) is 34.3 Å². The number of hydrogen-bond donors (Lipinski definition) is 0. The lowest BCUT2D eigenvalue weighted by Crippen LogP contribution is -2.22. The summed E-state index contributed by atoms with van der Waals surface area (Å²) in [6.45, 7) is 3.49. The molecule has 0 radical (unpaired) electrons. The Balaban J connectivity index is 2.45. The molecule has 1 aliphatic heterocycles. The minimum atomic E-state index is 0.115. The lowest BCUT2D eigenvalue weighted by Gasteiger charge is -2.10. The molecule has 1 aliphatic rings. The van der Waals surface area contributed by atoms with Crippen LogP contribution in [0.1, 0.15) is 22.8 Å². The van der Waals surface area contributed by atoms with Gasteiger partial charge in [0.1, 0.15) is 0 Å². The number of hydrogen-bond acceptors (Lipinski definition) is 1. The van der Waals surface area contributed by atoms with E-state index in [-0.39, 0.29) is 5.91 Å². The topological polar surface area (TPSA) is 20.3 Å². The third-order valence-corrected chi connectivity index (χ3v) is 2.60. The van der Waals surface area contributed by atoms with Crippen LogP contribution in [0.5, 0.6) is 0 Å². The molecule has 3 heteroatoms. The van der Waals surface area contributed by atoms with Gasteiger partial charge in [-0.2, -0.15) is 0 Å². The van der Waals surface area contributed by atoms with Gasteiger partial charge in [-0.05, 0) is 12.5 Å². The zero-order valence-electron chi connectivity index (χ0n) is 7.41. The molecule has 1 aromatic carbocycles. The Morgan fingerprint density at radius 3 is 3.00 bits per heavy atom. The van der Waals surface area contributed by atoms with E-state index >= 15 is 0 Å². The molecule has 13 heavy (non-hydrogen) atoms. The zero-order chi connectivity index (χ0) is 9.42. The van der Waals surface area contributed by atoms with Crippen LogP contribution in [0, 0.1) is 11.6 Å². The Labute approximate surface area is 82.1 Å². The fourth-order valence-corrected chi connectivity index (χ4v) is 1.78. The summed E-state index contributed by atoms with van der Waals surface area (Å²) >= 11 is 5.01. The summed E-state index contributed by atoms with van der Waals surface area (Å²) in [5.74, 6) is 0.115. The van der Waals surface area contributed by atoms with E-state index < -0.39 is 0 Å². The van der Waals surface area contributed by atoms with Gasteiger partial charge in [0, 0.05) is 25.2 Å². The van der Waals surface area contributed by atoms with Crippen molar-refractivity contribution in [2.45, 2.75) is 13.5 Å². The third-order valence-electron chi connectivity index (χ3n) is 2.34. The van der Waals surface area contributed by atoms with Crippen LogP contribution in [0.25, 0.3) is 0 Å². The van der Waals surface area contributed by atoms with Gasteiger partial charge < -0.3 is 4.90 Å². The van der Waals surface area contributed by atoms with Crippen LogP contribution in [-0.2, 0) is 6.54 Å². The molecule has 0 unspecified atom stereocenters. The van der Waals surface area contributed by atoms with E-state index in [2.05, 4.69) is 0 Å². The molecule has 0 bridgehead atoms. The van der Waals surface area contributed by atoms with Gasteiger partial charge in [-0.3, -0.25) is 4.79 Å². The van der Waals surface area contributed by atoms with Gasteiger partial charge in [-0.25, -0.2) is 0 Å². The highest BCUT2D eigenvalue weighted by molar-refractivity contribution is 5.98. The van der Waals surface area contributed by atoms with Crippen molar-refractivity contribution in [2.24, 2.45) is 0 Å².